The number of ether oxygens (including phenoxy) is 1. The van der Waals surface area contributed by atoms with Crippen LogP contribution >= 0.6 is 11.3 Å². The fourth-order valence-electron chi connectivity index (χ4n) is 2.96. The van der Waals surface area contributed by atoms with Gasteiger partial charge < -0.3 is 20.3 Å². The number of benzene rings is 1. The number of carbonyl (C=O) groups is 3. The van der Waals surface area contributed by atoms with Crippen LogP contribution in [0.15, 0.2) is 41.1 Å². The smallest absolute Gasteiger partial charge is 0.339 e. The second-order valence-corrected chi connectivity index (χ2v) is 6.99. The van der Waals surface area contributed by atoms with Crippen molar-refractivity contribution in [3.63, 3.8) is 0 Å². The summed E-state index contributed by atoms with van der Waals surface area (Å²) in [6.07, 6.45) is 1.36. The fraction of sp³-hybridized carbons (Fsp3) is 0.316. The first-order valence-corrected chi connectivity index (χ1v) is 9.59. The molecule has 1 aliphatic heterocycles. The second-order valence-electron chi connectivity index (χ2n) is 6.21. The van der Waals surface area contributed by atoms with E-state index < -0.39 is 5.97 Å². The van der Waals surface area contributed by atoms with Gasteiger partial charge >= 0.3 is 12.0 Å². The Hall–Kier alpha value is -2.87. The van der Waals surface area contributed by atoms with E-state index in [0.717, 1.165) is 0 Å². The first-order valence-electron chi connectivity index (χ1n) is 8.65. The number of esters is 1. The SMILES string of the molecule is COC(=O)c1ccccc1NC(=O)N1CCC(NC(=O)c2ccsc2)CC1. The lowest BCUT2D eigenvalue weighted by Crippen LogP contribution is -2.47. The highest BCUT2D eigenvalue weighted by Gasteiger charge is 2.25. The first kappa shape index (κ1) is 18.9. The van der Waals surface area contributed by atoms with Crippen LogP contribution in [0.25, 0.3) is 0 Å². The van der Waals surface area contributed by atoms with Crippen LogP contribution in [0.2, 0.25) is 0 Å². The van der Waals surface area contributed by atoms with Crippen molar-refractivity contribution in [2.24, 2.45) is 0 Å². The molecule has 1 aromatic heterocycles. The van der Waals surface area contributed by atoms with E-state index in [2.05, 4.69) is 10.6 Å². The molecular formula is C19H21N3O4S. The van der Waals surface area contributed by atoms with Crippen LogP contribution in [-0.4, -0.2) is 49.0 Å². The van der Waals surface area contributed by atoms with E-state index in [1.54, 1.807) is 35.2 Å². The molecule has 1 aliphatic rings. The highest BCUT2D eigenvalue weighted by molar-refractivity contribution is 7.08. The number of hydrogen-bond acceptors (Lipinski definition) is 5. The number of piperidine rings is 1. The molecular weight excluding hydrogens is 366 g/mol. The van der Waals surface area contributed by atoms with E-state index in [0.29, 0.717) is 42.7 Å². The number of carbonyl (C=O) groups excluding carboxylic acids is 3. The Morgan fingerprint density at radius 1 is 1.15 bits per heavy atom. The van der Waals surface area contributed by atoms with Crippen LogP contribution in [0.1, 0.15) is 33.6 Å². The molecule has 3 rings (SSSR count). The van der Waals surface area contributed by atoms with Gasteiger partial charge in [-0.05, 0) is 36.4 Å². The van der Waals surface area contributed by atoms with Gasteiger partial charge in [0.1, 0.15) is 0 Å². The summed E-state index contributed by atoms with van der Waals surface area (Å²) in [6, 6.07) is 8.29. The number of methoxy groups -OCH3 is 1. The number of hydrogen-bond donors (Lipinski definition) is 2. The molecule has 1 saturated heterocycles. The Morgan fingerprint density at radius 2 is 1.89 bits per heavy atom. The van der Waals surface area contributed by atoms with Gasteiger partial charge in [0.15, 0.2) is 0 Å². The molecule has 1 aromatic carbocycles. The zero-order valence-corrected chi connectivity index (χ0v) is 15.8. The van der Waals surface area contributed by atoms with E-state index in [1.165, 1.54) is 18.4 Å². The summed E-state index contributed by atoms with van der Waals surface area (Å²) in [7, 11) is 1.30. The Labute approximate surface area is 161 Å². The summed E-state index contributed by atoms with van der Waals surface area (Å²) in [6.45, 7) is 1.06. The van der Waals surface area contributed by atoms with Crippen molar-refractivity contribution in [2.45, 2.75) is 18.9 Å². The molecule has 3 amide bonds. The van der Waals surface area contributed by atoms with Crippen LogP contribution in [0.4, 0.5) is 10.5 Å². The predicted octanol–water partition coefficient (Wildman–Crippen LogP) is 2.96. The standard InChI is InChI=1S/C19H21N3O4S/c1-26-18(24)15-4-2-3-5-16(15)21-19(25)22-9-6-14(7-10-22)20-17(23)13-8-11-27-12-13/h2-5,8,11-12,14H,6-7,9-10H2,1H3,(H,20,23)(H,21,25). The average Bonchev–Trinajstić information content (AvgIpc) is 3.23. The average molecular weight is 387 g/mol. The van der Waals surface area contributed by atoms with Crippen LogP contribution in [0.3, 0.4) is 0 Å². The van der Waals surface area contributed by atoms with Gasteiger partial charge in [-0.25, -0.2) is 9.59 Å². The molecule has 0 aliphatic carbocycles. The molecule has 0 saturated carbocycles. The molecule has 0 radical (unpaired) electrons. The minimum Gasteiger partial charge on any atom is -0.465 e. The number of thiophene rings is 1. The Balaban J connectivity index is 1.53. The van der Waals surface area contributed by atoms with Crippen LogP contribution in [-0.2, 0) is 4.74 Å². The van der Waals surface area contributed by atoms with Gasteiger partial charge in [0.2, 0.25) is 0 Å². The highest BCUT2D eigenvalue weighted by atomic mass is 32.1. The number of rotatable bonds is 4. The molecule has 2 aromatic rings. The number of likely N-dealkylation sites (tertiary alicyclic amines) is 1. The molecule has 7 nitrogen and oxygen atoms in total. The van der Waals surface area contributed by atoms with Crippen molar-refractivity contribution in [1.29, 1.82) is 0 Å². The molecule has 142 valence electrons. The largest absolute Gasteiger partial charge is 0.465 e. The molecule has 1 fully saturated rings. The minimum atomic E-state index is -0.499. The lowest BCUT2D eigenvalue weighted by atomic mass is 10.0. The van der Waals surface area contributed by atoms with E-state index in [4.69, 9.17) is 4.74 Å². The maximum Gasteiger partial charge on any atom is 0.339 e. The van der Waals surface area contributed by atoms with Gasteiger partial charge in [-0.15, -0.1) is 0 Å². The van der Waals surface area contributed by atoms with Gasteiger partial charge in [-0.3, -0.25) is 4.79 Å². The Kier molecular flexibility index (Phi) is 6.08. The van der Waals surface area contributed by atoms with Crippen molar-refractivity contribution >= 4 is 34.9 Å². The van der Waals surface area contributed by atoms with Crippen molar-refractivity contribution < 1.29 is 19.1 Å². The zero-order chi connectivity index (χ0) is 19.2. The Morgan fingerprint density at radius 3 is 2.56 bits per heavy atom. The lowest BCUT2D eigenvalue weighted by molar-refractivity contribution is 0.0601. The van der Waals surface area contributed by atoms with Crippen LogP contribution in [0, 0.1) is 0 Å². The number of para-hydroxylation sites is 1. The number of amides is 3. The van der Waals surface area contributed by atoms with Gasteiger partial charge in [-0.1, -0.05) is 12.1 Å². The highest BCUT2D eigenvalue weighted by Crippen LogP contribution is 2.18. The van der Waals surface area contributed by atoms with E-state index in [9.17, 15) is 14.4 Å². The van der Waals surface area contributed by atoms with Crippen molar-refractivity contribution in [3.05, 3.63) is 52.2 Å². The van der Waals surface area contributed by atoms with Gasteiger partial charge in [0, 0.05) is 30.1 Å². The number of nitrogens with zero attached hydrogens (tertiary/aromatic N) is 1. The zero-order valence-electron chi connectivity index (χ0n) is 14.9. The van der Waals surface area contributed by atoms with Crippen molar-refractivity contribution in [3.8, 4) is 0 Å². The van der Waals surface area contributed by atoms with E-state index >= 15 is 0 Å². The van der Waals surface area contributed by atoms with Gasteiger partial charge in [0.05, 0.1) is 18.4 Å². The fourth-order valence-corrected chi connectivity index (χ4v) is 3.60. The summed E-state index contributed by atoms with van der Waals surface area (Å²) >= 11 is 1.48. The molecule has 0 bridgehead atoms. The third kappa shape index (κ3) is 4.65. The molecule has 2 heterocycles. The maximum atomic E-state index is 12.5. The molecule has 0 atom stereocenters. The van der Waals surface area contributed by atoms with E-state index in [1.807, 2.05) is 10.8 Å². The quantitative estimate of drug-likeness (QED) is 0.790. The molecule has 0 unspecified atom stereocenters. The summed E-state index contributed by atoms with van der Waals surface area (Å²) < 4.78 is 4.74. The molecule has 0 spiro atoms. The molecule has 27 heavy (non-hydrogen) atoms. The number of urea groups is 1. The number of nitrogens with one attached hydrogen (secondary N) is 2. The molecule has 2 N–H and O–H groups in total. The second kappa shape index (κ2) is 8.68. The molecule has 8 heteroatoms. The summed E-state index contributed by atoms with van der Waals surface area (Å²) in [5, 5.41) is 9.47. The van der Waals surface area contributed by atoms with Gasteiger partial charge in [0.25, 0.3) is 5.91 Å². The summed E-state index contributed by atoms with van der Waals surface area (Å²) in [4.78, 5) is 38.1. The third-order valence-corrected chi connectivity index (χ3v) is 5.16. The summed E-state index contributed by atoms with van der Waals surface area (Å²) in [5.41, 5.74) is 1.40. The maximum absolute atomic E-state index is 12.5. The van der Waals surface area contributed by atoms with E-state index in [-0.39, 0.29) is 18.0 Å². The van der Waals surface area contributed by atoms with Crippen molar-refractivity contribution in [2.75, 3.05) is 25.5 Å². The first-order chi connectivity index (χ1) is 13.1. The summed E-state index contributed by atoms with van der Waals surface area (Å²) in [5.74, 6) is -0.577. The third-order valence-electron chi connectivity index (χ3n) is 4.47. The van der Waals surface area contributed by atoms with Gasteiger partial charge in [-0.2, -0.15) is 11.3 Å². The van der Waals surface area contributed by atoms with Crippen LogP contribution < -0.4 is 10.6 Å². The lowest BCUT2D eigenvalue weighted by Gasteiger charge is -2.32. The topological polar surface area (TPSA) is 87.7 Å². The predicted molar refractivity (Wildman–Crippen MR) is 103 cm³/mol. The Bertz CT molecular complexity index is 814. The minimum absolute atomic E-state index is 0.0452. The van der Waals surface area contributed by atoms with Crippen LogP contribution in [0.5, 0.6) is 0 Å². The normalized spacial score (nSPS) is 14.5. The monoisotopic (exact) mass is 387 g/mol. The van der Waals surface area contributed by atoms with Crippen molar-refractivity contribution in [1.82, 2.24) is 10.2 Å². The number of anilines is 1.